The van der Waals surface area contributed by atoms with Gasteiger partial charge < -0.3 is 4.98 Å². The summed E-state index contributed by atoms with van der Waals surface area (Å²) in [6.45, 7) is 2.09. The molecular formula is C15H13N3S. The van der Waals surface area contributed by atoms with Gasteiger partial charge in [-0.2, -0.15) is 0 Å². The second kappa shape index (κ2) is 4.90. The zero-order valence-electron chi connectivity index (χ0n) is 10.6. The fourth-order valence-electron chi connectivity index (χ4n) is 2.06. The maximum atomic E-state index is 5.21. The quantitative estimate of drug-likeness (QED) is 0.716. The van der Waals surface area contributed by atoms with E-state index >= 15 is 0 Å². The van der Waals surface area contributed by atoms with Crippen molar-refractivity contribution in [3.63, 3.8) is 0 Å². The Kier molecular flexibility index (Phi) is 3.09. The normalized spacial score (nSPS) is 10.8. The Morgan fingerprint density at radius 3 is 2.95 bits per heavy atom. The van der Waals surface area contributed by atoms with E-state index < -0.39 is 0 Å². The summed E-state index contributed by atoms with van der Waals surface area (Å²) < 4.78 is 0.622. The standard InChI is InChI=1S/C15H13N3S/c1-2-12-9-14(19)18-15(17-12)11-5-6-13-10(8-11)4-3-7-16-13/h3-9H,2H2,1H3,(H,17,18,19). The van der Waals surface area contributed by atoms with Crippen LogP contribution in [0.2, 0.25) is 0 Å². The summed E-state index contributed by atoms with van der Waals surface area (Å²) in [5, 5.41) is 1.10. The molecule has 0 aliphatic carbocycles. The van der Waals surface area contributed by atoms with Crippen LogP contribution >= 0.6 is 12.2 Å². The van der Waals surface area contributed by atoms with Crippen molar-refractivity contribution in [2.45, 2.75) is 13.3 Å². The highest BCUT2D eigenvalue weighted by Crippen LogP contribution is 2.20. The van der Waals surface area contributed by atoms with E-state index in [1.807, 2.05) is 30.3 Å². The largest absolute Gasteiger partial charge is 0.343 e. The summed E-state index contributed by atoms with van der Waals surface area (Å²) in [5.41, 5.74) is 3.11. The minimum absolute atomic E-state index is 0.622. The molecule has 0 bridgehead atoms. The molecule has 0 saturated heterocycles. The number of hydrogen-bond acceptors (Lipinski definition) is 3. The van der Waals surface area contributed by atoms with E-state index in [9.17, 15) is 0 Å². The summed E-state index contributed by atoms with van der Waals surface area (Å²) in [4.78, 5) is 12.0. The summed E-state index contributed by atoms with van der Waals surface area (Å²) in [7, 11) is 0. The van der Waals surface area contributed by atoms with Crippen molar-refractivity contribution >= 4 is 23.1 Å². The molecular weight excluding hydrogens is 254 g/mol. The lowest BCUT2D eigenvalue weighted by molar-refractivity contribution is 0.999. The third-order valence-electron chi connectivity index (χ3n) is 3.06. The molecule has 0 spiro atoms. The number of aromatic amines is 1. The van der Waals surface area contributed by atoms with Gasteiger partial charge in [-0.1, -0.05) is 25.2 Å². The number of H-pyrrole nitrogens is 1. The van der Waals surface area contributed by atoms with E-state index in [1.54, 1.807) is 6.20 Å². The molecule has 2 heterocycles. The van der Waals surface area contributed by atoms with Crippen molar-refractivity contribution in [3.05, 3.63) is 52.9 Å². The number of rotatable bonds is 2. The molecule has 19 heavy (non-hydrogen) atoms. The number of nitrogens with one attached hydrogen (secondary N) is 1. The van der Waals surface area contributed by atoms with Crippen LogP contribution in [-0.4, -0.2) is 15.0 Å². The number of aromatic nitrogens is 3. The molecule has 2 aromatic heterocycles. The van der Waals surface area contributed by atoms with Crippen LogP contribution in [0.15, 0.2) is 42.6 Å². The Hall–Kier alpha value is -2.07. The molecule has 0 atom stereocenters. The van der Waals surface area contributed by atoms with Crippen molar-refractivity contribution < 1.29 is 0 Å². The van der Waals surface area contributed by atoms with Crippen LogP contribution < -0.4 is 0 Å². The Balaban J connectivity index is 2.18. The molecule has 3 aromatic rings. The van der Waals surface area contributed by atoms with Crippen LogP contribution in [0.5, 0.6) is 0 Å². The van der Waals surface area contributed by atoms with Gasteiger partial charge in [0, 0.05) is 22.8 Å². The van der Waals surface area contributed by atoms with Gasteiger partial charge in [0.15, 0.2) is 0 Å². The minimum atomic E-state index is 0.622. The van der Waals surface area contributed by atoms with Gasteiger partial charge in [0.2, 0.25) is 0 Å². The number of nitrogens with zero attached hydrogens (tertiary/aromatic N) is 2. The molecule has 0 aliphatic rings. The SMILES string of the molecule is CCc1cc(=S)nc(-c2ccc3ncccc3c2)[nH]1. The fraction of sp³-hybridized carbons (Fsp3) is 0.133. The first kappa shape index (κ1) is 12.0. The predicted octanol–water partition coefficient (Wildman–Crippen LogP) is 3.92. The Morgan fingerprint density at radius 1 is 1.21 bits per heavy atom. The second-order valence-electron chi connectivity index (χ2n) is 4.36. The molecule has 0 fully saturated rings. The smallest absolute Gasteiger partial charge is 0.139 e. The molecule has 1 N–H and O–H groups in total. The van der Waals surface area contributed by atoms with Gasteiger partial charge in [0.25, 0.3) is 0 Å². The molecule has 0 unspecified atom stereocenters. The van der Waals surface area contributed by atoms with E-state index in [1.165, 1.54) is 0 Å². The predicted molar refractivity (Wildman–Crippen MR) is 79.5 cm³/mol. The van der Waals surface area contributed by atoms with E-state index in [4.69, 9.17) is 12.2 Å². The van der Waals surface area contributed by atoms with Crippen LogP contribution in [0.3, 0.4) is 0 Å². The fourth-order valence-corrected chi connectivity index (χ4v) is 2.29. The van der Waals surface area contributed by atoms with Gasteiger partial charge in [0.1, 0.15) is 10.5 Å². The van der Waals surface area contributed by atoms with Crippen molar-refractivity contribution in [2.75, 3.05) is 0 Å². The maximum Gasteiger partial charge on any atom is 0.139 e. The monoisotopic (exact) mass is 267 g/mol. The third kappa shape index (κ3) is 2.39. The Bertz CT molecular complexity index is 792. The molecule has 0 radical (unpaired) electrons. The van der Waals surface area contributed by atoms with Crippen molar-refractivity contribution in [1.82, 2.24) is 15.0 Å². The van der Waals surface area contributed by atoms with Crippen LogP contribution in [0.25, 0.3) is 22.3 Å². The van der Waals surface area contributed by atoms with Crippen LogP contribution in [0, 0.1) is 4.64 Å². The lowest BCUT2D eigenvalue weighted by Gasteiger charge is -2.05. The lowest BCUT2D eigenvalue weighted by Crippen LogP contribution is -1.95. The average Bonchev–Trinajstić information content (AvgIpc) is 2.46. The summed E-state index contributed by atoms with van der Waals surface area (Å²) >= 11 is 5.21. The van der Waals surface area contributed by atoms with Crippen LogP contribution in [0.4, 0.5) is 0 Å². The van der Waals surface area contributed by atoms with E-state index in [2.05, 4.69) is 27.9 Å². The number of hydrogen-bond donors (Lipinski definition) is 1. The first-order valence-electron chi connectivity index (χ1n) is 6.21. The first-order valence-corrected chi connectivity index (χ1v) is 6.62. The molecule has 3 nitrogen and oxygen atoms in total. The summed E-state index contributed by atoms with van der Waals surface area (Å²) in [6.07, 6.45) is 2.71. The number of fused-ring (bicyclic) bond motifs is 1. The van der Waals surface area contributed by atoms with Crippen LogP contribution in [-0.2, 0) is 6.42 Å². The number of pyridine rings is 1. The van der Waals surface area contributed by atoms with Crippen molar-refractivity contribution in [3.8, 4) is 11.4 Å². The molecule has 0 saturated carbocycles. The van der Waals surface area contributed by atoms with Crippen molar-refractivity contribution in [1.29, 1.82) is 0 Å². The molecule has 0 amide bonds. The van der Waals surface area contributed by atoms with E-state index in [0.717, 1.165) is 34.4 Å². The molecule has 4 heteroatoms. The Morgan fingerprint density at radius 2 is 2.11 bits per heavy atom. The second-order valence-corrected chi connectivity index (χ2v) is 4.78. The third-order valence-corrected chi connectivity index (χ3v) is 3.27. The van der Waals surface area contributed by atoms with Gasteiger partial charge in [-0.25, -0.2) is 4.98 Å². The topological polar surface area (TPSA) is 41.6 Å². The molecule has 1 aromatic carbocycles. The van der Waals surface area contributed by atoms with E-state index in [-0.39, 0.29) is 0 Å². The molecule has 94 valence electrons. The lowest BCUT2D eigenvalue weighted by atomic mass is 10.1. The highest BCUT2D eigenvalue weighted by atomic mass is 32.1. The highest BCUT2D eigenvalue weighted by Gasteiger charge is 2.03. The molecule has 0 aliphatic heterocycles. The Labute approximate surface area is 116 Å². The first-order chi connectivity index (χ1) is 9.26. The van der Waals surface area contributed by atoms with Gasteiger partial charge in [-0.05, 0) is 36.8 Å². The number of aryl methyl sites for hydroxylation is 1. The van der Waals surface area contributed by atoms with Gasteiger partial charge >= 0.3 is 0 Å². The van der Waals surface area contributed by atoms with Crippen molar-refractivity contribution in [2.24, 2.45) is 0 Å². The zero-order valence-corrected chi connectivity index (χ0v) is 11.4. The summed E-state index contributed by atoms with van der Waals surface area (Å²) in [5.74, 6) is 0.815. The molecule has 3 rings (SSSR count). The average molecular weight is 267 g/mol. The van der Waals surface area contributed by atoms with Gasteiger partial charge in [-0.3, -0.25) is 4.98 Å². The van der Waals surface area contributed by atoms with Gasteiger partial charge in [0.05, 0.1) is 5.52 Å². The van der Waals surface area contributed by atoms with Gasteiger partial charge in [-0.15, -0.1) is 0 Å². The maximum absolute atomic E-state index is 5.21. The minimum Gasteiger partial charge on any atom is -0.343 e. The zero-order chi connectivity index (χ0) is 13.2. The van der Waals surface area contributed by atoms with Crippen LogP contribution in [0.1, 0.15) is 12.6 Å². The summed E-state index contributed by atoms with van der Waals surface area (Å²) in [6, 6.07) is 12.0. The van der Waals surface area contributed by atoms with E-state index in [0.29, 0.717) is 4.64 Å². The number of benzene rings is 1. The highest BCUT2D eigenvalue weighted by molar-refractivity contribution is 7.71.